The first-order chi connectivity index (χ1) is 16.0. The van der Waals surface area contributed by atoms with E-state index in [-0.39, 0.29) is 17.2 Å². The largest absolute Gasteiger partial charge is 0.497 e. The fourth-order valence-electron chi connectivity index (χ4n) is 5.37. The Hall–Kier alpha value is -3.75. The minimum absolute atomic E-state index is 0.0385. The summed E-state index contributed by atoms with van der Waals surface area (Å²) >= 11 is 0. The second-order valence-electron chi connectivity index (χ2n) is 9.63. The third-order valence-electron chi connectivity index (χ3n) is 8.03. The van der Waals surface area contributed by atoms with Crippen LogP contribution in [-0.2, 0) is 9.63 Å². The maximum absolute atomic E-state index is 13.6. The number of hydrogen-bond donors (Lipinski definition) is 1. The van der Waals surface area contributed by atoms with E-state index in [1.54, 1.807) is 19.2 Å². The van der Waals surface area contributed by atoms with Gasteiger partial charge >= 0.3 is 5.97 Å². The standard InChI is InChI=1S/C25H27N3O6/c1-23(2)24(3)11-12-25(23,22(30)26-17-8-6-10-19(14-17)33-4)15-20(24)27-34-21(29)16-7-5-9-18(13-16)28(31)32/h5-10,13-14H,11-12,15H2,1-4H3,(H,26,30). The molecular weight excluding hydrogens is 438 g/mol. The highest BCUT2D eigenvalue weighted by molar-refractivity contribution is 6.06. The number of nitrogens with one attached hydrogen (secondary N) is 1. The number of methoxy groups -OCH3 is 1. The summed E-state index contributed by atoms with van der Waals surface area (Å²) in [4.78, 5) is 41.7. The normalized spacial score (nSPS) is 25.7. The Morgan fingerprint density at radius 3 is 2.53 bits per heavy atom. The van der Waals surface area contributed by atoms with Crippen LogP contribution in [0.3, 0.4) is 0 Å². The average molecular weight is 466 g/mol. The molecule has 2 aromatic rings. The van der Waals surface area contributed by atoms with Crippen molar-refractivity contribution in [2.24, 2.45) is 21.4 Å². The van der Waals surface area contributed by atoms with Crippen molar-refractivity contribution in [3.8, 4) is 5.75 Å². The van der Waals surface area contributed by atoms with Gasteiger partial charge in [0.2, 0.25) is 5.91 Å². The molecule has 9 nitrogen and oxygen atoms in total. The molecule has 2 aliphatic rings. The lowest BCUT2D eigenvalue weighted by molar-refractivity contribution is -0.384. The van der Waals surface area contributed by atoms with Crippen molar-refractivity contribution in [1.82, 2.24) is 0 Å². The van der Waals surface area contributed by atoms with Gasteiger partial charge in [-0.2, -0.15) is 0 Å². The van der Waals surface area contributed by atoms with Crippen molar-refractivity contribution in [3.05, 3.63) is 64.2 Å². The molecule has 2 fully saturated rings. The van der Waals surface area contributed by atoms with Crippen LogP contribution < -0.4 is 10.1 Å². The van der Waals surface area contributed by atoms with E-state index in [1.165, 1.54) is 18.2 Å². The summed E-state index contributed by atoms with van der Waals surface area (Å²) in [5, 5.41) is 18.2. The van der Waals surface area contributed by atoms with Gasteiger partial charge in [-0.25, -0.2) is 4.79 Å². The number of nitro groups is 1. The molecule has 2 atom stereocenters. The molecule has 2 unspecified atom stereocenters. The van der Waals surface area contributed by atoms with Gasteiger partial charge in [-0.05, 0) is 36.5 Å². The highest BCUT2D eigenvalue weighted by Crippen LogP contribution is 2.71. The van der Waals surface area contributed by atoms with Crippen molar-refractivity contribution in [2.45, 2.75) is 40.0 Å². The van der Waals surface area contributed by atoms with Gasteiger partial charge in [0.25, 0.3) is 5.69 Å². The Kier molecular flexibility index (Phi) is 5.67. The number of carbonyl (C=O) groups is 2. The fourth-order valence-corrected chi connectivity index (χ4v) is 5.37. The Bertz CT molecular complexity index is 1210. The van der Waals surface area contributed by atoms with Gasteiger partial charge in [-0.1, -0.05) is 38.1 Å². The number of nitrogens with zero attached hydrogens (tertiary/aromatic N) is 2. The summed E-state index contributed by atoms with van der Waals surface area (Å²) in [5.74, 6) is -0.243. The fraction of sp³-hybridized carbons (Fsp3) is 0.400. The highest BCUT2D eigenvalue weighted by Gasteiger charge is 2.71. The van der Waals surface area contributed by atoms with Crippen molar-refractivity contribution in [2.75, 3.05) is 12.4 Å². The Balaban J connectivity index is 1.57. The number of nitro benzene ring substituents is 1. The molecule has 0 aromatic heterocycles. The van der Waals surface area contributed by atoms with Crippen LogP contribution >= 0.6 is 0 Å². The number of benzene rings is 2. The summed E-state index contributed by atoms with van der Waals surface area (Å²) in [7, 11) is 1.57. The summed E-state index contributed by atoms with van der Waals surface area (Å²) in [6, 6.07) is 12.5. The molecule has 2 aliphatic carbocycles. The van der Waals surface area contributed by atoms with Gasteiger partial charge in [0.05, 0.1) is 28.7 Å². The summed E-state index contributed by atoms with van der Waals surface area (Å²) in [5.41, 5.74) is -0.489. The van der Waals surface area contributed by atoms with Crippen LogP contribution in [0.15, 0.2) is 53.7 Å². The zero-order valence-electron chi connectivity index (χ0n) is 19.6. The van der Waals surface area contributed by atoms with Crippen LogP contribution in [0.2, 0.25) is 0 Å². The van der Waals surface area contributed by atoms with Gasteiger partial charge in [0.15, 0.2) is 0 Å². The second-order valence-corrected chi connectivity index (χ2v) is 9.63. The molecule has 0 aliphatic heterocycles. The molecule has 0 spiro atoms. The lowest BCUT2D eigenvalue weighted by atomic mass is 9.64. The number of ether oxygens (including phenoxy) is 1. The zero-order valence-corrected chi connectivity index (χ0v) is 19.6. The van der Waals surface area contributed by atoms with Gasteiger partial charge in [0, 0.05) is 35.7 Å². The van der Waals surface area contributed by atoms with E-state index in [0.29, 0.717) is 30.0 Å². The first-order valence-electron chi connectivity index (χ1n) is 11.0. The third kappa shape index (κ3) is 3.52. The topological polar surface area (TPSA) is 120 Å². The first kappa shape index (κ1) is 23.4. The number of anilines is 1. The van der Waals surface area contributed by atoms with Crippen LogP contribution in [0, 0.1) is 26.4 Å². The molecule has 0 radical (unpaired) electrons. The Morgan fingerprint density at radius 1 is 1.09 bits per heavy atom. The monoisotopic (exact) mass is 465 g/mol. The van der Waals surface area contributed by atoms with Gasteiger partial charge in [0.1, 0.15) is 5.75 Å². The van der Waals surface area contributed by atoms with Crippen molar-refractivity contribution < 1.29 is 24.1 Å². The molecular formula is C25H27N3O6. The number of hydrogen-bond acceptors (Lipinski definition) is 7. The highest BCUT2D eigenvalue weighted by atomic mass is 16.7. The molecule has 1 amide bonds. The summed E-state index contributed by atoms with van der Waals surface area (Å²) < 4.78 is 5.25. The van der Waals surface area contributed by atoms with Crippen LogP contribution in [0.1, 0.15) is 50.4 Å². The molecule has 2 bridgehead atoms. The van der Waals surface area contributed by atoms with E-state index < -0.39 is 27.1 Å². The van der Waals surface area contributed by atoms with Crippen molar-refractivity contribution >= 4 is 29.0 Å². The molecule has 1 N–H and O–H groups in total. The lowest BCUT2D eigenvalue weighted by Gasteiger charge is -2.39. The van der Waals surface area contributed by atoms with E-state index in [2.05, 4.69) is 24.3 Å². The van der Waals surface area contributed by atoms with Crippen LogP contribution in [0.5, 0.6) is 5.75 Å². The lowest BCUT2D eigenvalue weighted by Crippen LogP contribution is -2.43. The molecule has 2 aromatic carbocycles. The molecule has 0 saturated heterocycles. The number of oxime groups is 1. The predicted molar refractivity (Wildman–Crippen MR) is 126 cm³/mol. The van der Waals surface area contributed by atoms with E-state index in [0.717, 1.165) is 12.5 Å². The van der Waals surface area contributed by atoms with E-state index >= 15 is 0 Å². The average Bonchev–Trinajstić information content (AvgIpc) is 3.13. The quantitative estimate of drug-likeness (QED) is 0.365. The number of amides is 1. The van der Waals surface area contributed by atoms with Crippen molar-refractivity contribution in [1.29, 1.82) is 0 Å². The Labute approximate surface area is 197 Å². The second kappa shape index (κ2) is 8.23. The zero-order chi connectivity index (χ0) is 24.7. The van der Waals surface area contributed by atoms with Crippen LogP contribution in [-0.4, -0.2) is 29.6 Å². The molecule has 2 saturated carbocycles. The van der Waals surface area contributed by atoms with E-state index in [4.69, 9.17) is 9.57 Å². The molecule has 9 heteroatoms. The van der Waals surface area contributed by atoms with Gasteiger partial charge < -0.3 is 14.9 Å². The molecule has 34 heavy (non-hydrogen) atoms. The van der Waals surface area contributed by atoms with Crippen LogP contribution in [0.4, 0.5) is 11.4 Å². The maximum atomic E-state index is 13.6. The van der Waals surface area contributed by atoms with Gasteiger partial charge in [-0.15, -0.1) is 0 Å². The summed E-state index contributed by atoms with van der Waals surface area (Å²) in [6.45, 7) is 6.15. The van der Waals surface area contributed by atoms with Crippen molar-refractivity contribution in [3.63, 3.8) is 0 Å². The van der Waals surface area contributed by atoms with Crippen LogP contribution in [0.25, 0.3) is 0 Å². The minimum atomic E-state index is -0.782. The minimum Gasteiger partial charge on any atom is -0.497 e. The smallest absolute Gasteiger partial charge is 0.365 e. The molecule has 0 heterocycles. The maximum Gasteiger partial charge on any atom is 0.365 e. The SMILES string of the molecule is COc1cccc(NC(=O)C23CCC(C)(C(=NOC(=O)c4cccc([N+](=O)[O-])c4)C2)C3(C)C)c1. The summed E-state index contributed by atoms with van der Waals surface area (Å²) in [6.07, 6.45) is 1.76. The first-order valence-corrected chi connectivity index (χ1v) is 11.0. The predicted octanol–water partition coefficient (Wildman–Crippen LogP) is 4.97. The Morgan fingerprint density at radius 2 is 1.82 bits per heavy atom. The number of non-ortho nitro benzene ring substituents is 1. The molecule has 178 valence electrons. The van der Waals surface area contributed by atoms with E-state index in [9.17, 15) is 19.7 Å². The molecule has 4 rings (SSSR count). The van der Waals surface area contributed by atoms with E-state index in [1.807, 2.05) is 19.1 Å². The third-order valence-corrected chi connectivity index (χ3v) is 8.03. The number of carbonyl (C=O) groups excluding carboxylic acids is 2. The number of fused-ring (bicyclic) bond motifs is 2. The van der Waals surface area contributed by atoms with Gasteiger partial charge in [-0.3, -0.25) is 14.9 Å². The number of rotatable bonds is 6.